The maximum Gasteiger partial charge on any atom is 0.310 e. The van der Waals surface area contributed by atoms with Crippen LogP contribution < -0.4 is 5.32 Å². The largest absolute Gasteiger partial charge is 0.466 e. The zero-order valence-electron chi connectivity index (χ0n) is 11.8. The summed E-state index contributed by atoms with van der Waals surface area (Å²) >= 11 is 0. The van der Waals surface area contributed by atoms with Crippen molar-refractivity contribution in [3.8, 4) is 0 Å². The highest BCUT2D eigenvalue weighted by Crippen LogP contribution is 2.37. The van der Waals surface area contributed by atoms with Gasteiger partial charge >= 0.3 is 5.97 Å². The van der Waals surface area contributed by atoms with Crippen LogP contribution in [0, 0.1) is 12.8 Å². The molecule has 0 radical (unpaired) electrons. The van der Waals surface area contributed by atoms with Crippen LogP contribution in [0.4, 0.5) is 0 Å². The fourth-order valence-electron chi connectivity index (χ4n) is 3.13. The molecule has 2 aromatic rings. The molecule has 1 aliphatic heterocycles. The van der Waals surface area contributed by atoms with E-state index in [1.165, 1.54) is 0 Å². The molecule has 4 nitrogen and oxygen atoms in total. The molecule has 20 heavy (non-hydrogen) atoms. The van der Waals surface area contributed by atoms with Crippen LogP contribution in [0.2, 0.25) is 0 Å². The molecule has 1 N–H and O–H groups in total. The molecule has 1 saturated heterocycles. The molecule has 3 rings (SSSR count). The van der Waals surface area contributed by atoms with E-state index in [2.05, 4.69) is 11.4 Å². The maximum absolute atomic E-state index is 12.1. The van der Waals surface area contributed by atoms with E-state index in [1.54, 1.807) is 0 Å². The molecule has 0 amide bonds. The Labute approximate surface area is 118 Å². The average molecular weight is 273 g/mol. The maximum atomic E-state index is 12.1. The zero-order valence-corrected chi connectivity index (χ0v) is 11.8. The Kier molecular flexibility index (Phi) is 3.49. The van der Waals surface area contributed by atoms with Crippen LogP contribution in [-0.4, -0.2) is 25.7 Å². The van der Waals surface area contributed by atoms with Gasteiger partial charge in [0.15, 0.2) is 0 Å². The molecule has 2 atom stereocenters. The van der Waals surface area contributed by atoms with Gasteiger partial charge in [-0.25, -0.2) is 0 Å². The second-order valence-corrected chi connectivity index (χ2v) is 5.19. The number of fused-ring (bicyclic) bond motifs is 1. The van der Waals surface area contributed by atoms with Crippen molar-refractivity contribution in [2.24, 2.45) is 5.92 Å². The Hall–Kier alpha value is -1.81. The molecule has 1 aromatic heterocycles. The lowest BCUT2D eigenvalue weighted by atomic mass is 9.87. The monoisotopic (exact) mass is 273 g/mol. The van der Waals surface area contributed by atoms with E-state index >= 15 is 0 Å². The summed E-state index contributed by atoms with van der Waals surface area (Å²) < 4.78 is 11.0. The average Bonchev–Trinajstić information content (AvgIpc) is 3.01. The van der Waals surface area contributed by atoms with Gasteiger partial charge in [-0.2, -0.15) is 0 Å². The molecule has 0 spiro atoms. The van der Waals surface area contributed by atoms with E-state index in [0.717, 1.165) is 28.8 Å². The predicted octanol–water partition coefficient (Wildman–Crippen LogP) is 2.61. The molecule has 106 valence electrons. The van der Waals surface area contributed by atoms with E-state index < -0.39 is 0 Å². The number of hydrogen-bond acceptors (Lipinski definition) is 4. The third-order valence-electron chi connectivity index (χ3n) is 3.99. The number of para-hydroxylation sites is 1. The van der Waals surface area contributed by atoms with Gasteiger partial charge in [-0.1, -0.05) is 18.2 Å². The third kappa shape index (κ3) is 2.10. The fraction of sp³-hybridized carbons (Fsp3) is 0.438. The van der Waals surface area contributed by atoms with Crippen LogP contribution in [-0.2, 0) is 9.53 Å². The first kappa shape index (κ1) is 13.2. The number of hydrogen-bond donors (Lipinski definition) is 1. The van der Waals surface area contributed by atoms with Gasteiger partial charge in [0, 0.05) is 30.0 Å². The molecule has 1 aromatic carbocycles. The molecular formula is C16H19NO3. The first-order valence-electron chi connectivity index (χ1n) is 7.07. The quantitative estimate of drug-likeness (QED) is 0.873. The van der Waals surface area contributed by atoms with Gasteiger partial charge in [-0.05, 0) is 19.9 Å². The Balaban J connectivity index is 2.01. The number of nitrogens with one attached hydrogen (secondary N) is 1. The van der Waals surface area contributed by atoms with E-state index in [9.17, 15) is 4.79 Å². The predicted molar refractivity (Wildman–Crippen MR) is 76.7 cm³/mol. The topological polar surface area (TPSA) is 51.5 Å². The van der Waals surface area contributed by atoms with Crippen LogP contribution in [0.1, 0.15) is 24.2 Å². The van der Waals surface area contributed by atoms with Gasteiger partial charge in [0.2, 0.25) is 0 Å². The Morgan fingerprint density at radius 3 is 3.00 bits per heavy atom. The van der Waals surface area contributed by atoms with Gasteiger partial charge in [0.25, 0.3) is 0 Å². The molecule has 2 unspecified atom stereocenters. The minimum absolute atomic E-state index is 0.118. The van der Waals surface area contributed by atoms with Gasteiger partial charge in [0.1, 0.15) is 11.3 Å². The Morgan fingerprint density at radius 1 is 1.40 bits per heavy atom. The minimum Gasteiger partial charge on any atom is -0.466 e. The molecule has 1 aliphatic rings. The summed E-state index contributed by atoms with van der Waals surface area (Å²) in [7, 11) is 0. The third-order valence-corrected chi connectivity index (χ3v) is 3.99. The summed E-state index contributed by atoms with van der Waals surface area (Å²) in [6.07, 6.45) is 0. The van der Waals surface area contributed by atoms with Crippen molar-refractivity contribution in [2.75, 3.05) is 19.7 Å². The van der Waals surface area contributed by atoms with Gasteiger partial charge in [-0.15, -0.1) is 0 Å². The standard InChI is InChI=1S/C16H19NO3/c1-3-19-16(18)13-9-17-8-12(13)15-10(2)20-14-7-5-4-6-11(14)15/h4-7,12-13,17H,3,8-9H2,1-2H3. The first-order valence-corrected chi connectivity index (χ1v) is 7.07. The van der Waals surface area contributed by atoms with Crippen molar-refractivity contribution < 1.29 is 13.9 Å². The minimum atomic E-state index is -0.130. The lowest BCUT2D eigenvalue weighted by Crippen LogP contribution is -2.24. The van der Waals surface area contributed by atoms with Crippen molar-refractivity contribution in [3.05, 3.63) is 35.6 Å². The number of carbonyl (C=O) groups excluding carboxylic acids is 1. The molecule has 1 fully saturated rings. The fourth-order valence-corrected chi connectivity index (χ4v) is 3.13. The van der Waals surface area contributed by atoms with E-state index in [1.807, 2.05) is 32.0 Å². The summed E-state index contributed by atoms with van der Waals surface area (Å²) in [6, 6.07) is 7.99. The SMILES string of the molecule is CCOC(=O)C1CNCC1c1c(C)oc2ccccc12. The number of aryl methyl sites for hydroxylation is 1. The number of ether oxygens (including phenoxy) is 1. The number of carbonyl (C=O) groups is 1. The Morgan fingerprint density at radius 2 is 2.20 bits per heavy atom. The van der Waals surface area contributed by atoms with Crippen molar-refractivity contribution >= 4 is 16.9 Å². The van der Waals surface area contributed by atoms with Crippen molar-refractivity contribution in [2.45, 2.75) is 19.8 Å². The highest BCUT2D eigenvalue weighted by molar-refractivity contribution is 5.84. The van der Waals surface area contributed by atoms with E-state index in [4.69, 9.17) is 9.15 Å². The smallest absolute Gasteiger partial charge is 0.310 e. The summed E-state index contributed by atoms with van der Waals surface area (Å²) in [5, 5.41) is 4.40. The van der Waals surface area contributed by atoms with Crippen LogP contribution >= 0.6 is 0 Å². The van der Waals surface area contributed by atoms with E-state index in [-0.39, 0.29) is 17.8 Å². The molecule has 0 bridgehead atoms. The van der Waals surface area contributed by atoms with Crippen molar-refractivity contribution in [1.29, 1.82) is 0 Å². The molecule has 0 saturated carbocycles. The van der Waals surface area contributed by atoms with Gasteiger partial charge in [0.05, 0.1) is 12.5 Å². The second kappa shape index (κ2) is 5.29. The summed E-state index contributed by atoms with van der Waals surface area (Å²) in [5.41, 5.74) is 2.03. The summed E-state index contributed by atoms with van der Waals surface area (Å²) in [6.45, 7) is 5.69. The second-order valence-electron chi connectivity index (χ2n) is 5.19. The highest BCUT2D eigenvalue weighted by atomic mass is 16.5. The lowest BCUT2D eigenvalue weighted by molar-refractivity contribution is -0.147. The number of benzene rings is 1. The number of esters is 1. The number of furan rings is 1. The van der Waals surface area contributed by atoms with Crippen LogP contribution in [0.3, 0.4) is 0 Å². The van der Waals surface area contributed by atoms with Crippen molar-refractivity contribution in [1.82, 2.24) is 5.32 Å². The van der Waals surface area contributed by atoms with Crippen molar-refractivity contribution in [3.63, 3.8) is 0 Å². The molecule has 4 heteroatoms. The van der Waals surface area contributed by atoms with E-state index in [0.29, 0.717) is 13.2 Å². The molecular weight excluding hydrogens is 254 g/mol. The molecule has 0 aliphatic carbocycles. The first-order chi connectivity index (χ1) is 9.72. The lowest BCUT2D eigenvalue weighted by Gasteiger charge is -2.17. The highest BCUT2D eigenvalue weighted by Gasteiger charge is 2.37. The van der Waals surface area contributed by atoms with Gasteiger partial charge in [-0.3, -0.25) is 4.79 Å². The normalized spacial score (nSPS) is 22.3. The van der Waals surface area contributed by atoms with Crippen LogP contribution in [0.25, 0.3) is 11.0 Å². The Bertz CT molecular complexity index is 632. The van der Waals surface area contributed by atoms with Gasteiger partial charge < -0.3 is 14.5 Å². The molecule has 2 heterocycles. The zero-order chi connectivity index (χ0) is 14.1. The summed E-state index contributed by atoms with van der Waals surface area (Å²) in [4.78, 5) is 12.1. The summed E-state index contributed by atoms with van der Waals surface area (Å²) in [5.74, 6) is 0.772. The van der Waals surface area contributed by atoms with Crippen LogP contribution in [0.15, 0.2) is 28.7 Å². The number of rotatable bonds is 3. The van der Waals surface area contributed by atoms with Crippen LogP contribution in [0.5, 0.6) is 0 Å².